The first-order valence-electron chi connectivity index (χ1n) is 7.18. The molecule has 0 saturated carbocycles. The van der Waals surface area contributed by atoms with Crippen molar-refractivity contribution in [2.75, 3.05) is 21.3 Å². The van der Waals surface area contributed by atoms with E-state index < -0.39 is 0 Å². The van der Waals surface area contributed by atoms with E-state index in [1.165, 1.54) is 0 Å². The minimum atomic E-state index is 0.536. The zero-order chi connectivity index (χ0) is 16.2. The molecule has 0 unspecified atom stereocenters. The predicted molar refractivity (Wildman–Crippen MR) is 88.7 cm³/mol. The number of rotatable bonds is 5. The van der Waals surface area contributed by atoms with Crippen molar-refractivity contribution in [2.45, 2.75) is 0 Å². The van der Waals surface area contributed by atoms with Gasteiger partial charge in [0, 0.05) is 11.6 Å². The number of benzene rings is 2. The van der Waals surface area contributed by atoms with E-state index in [0.717, 1.165) is 28.4 Å². The van der Waals surface area contributed by atoms with Crippen LogP contribution >= 0.6 is 0 Å². The summed E-state index contributed by atoms with van der Waals surface area (Å²) in [6.45, 7) is 0. The van der Waals surface area contributed by atoms with Crippen molar-refractivity contribution in [3.05, 3.63) is 54.6 Å². The summed E-state index contributed by atoms with van der Waals surface area (Å²) in [4.78, 5) is 0. The van der Waals surface area contributed by atoms with E-state index in [-0.39, 0.29) is 0 Å². The lowest BCUT2D eigenvalue weighted by molar-refractivity contribution is 0.394. The Labute approximate surface area is 135 Å². The van der Waals surface area contributed by atoms with Crippen LogP contribution in [-0.2, 0) is 0 Å². The van der Waals surface area contributed by atoms with E-state index in [9.17, 15) is 0 Å². The first-order chi connectivity index (χ1) is 11.3. The highest BCUT2D eigenvalue weighted by molar-refractivity contribution is 5.71. The Hall–Kier alpha value is -2.95. The molecule has 0 aliphatic carbocycles. The van der Waals surface area contributed by atoms with Crippen LogP contribution in [0.3, 0.4) is 0 Å². The molecule has 2 aromatic carbocycles. The average Bonchev–Trinajstić information content (AvgIpc) is 3.06. The molecule has 0 spiro atoms. The van der Waals surface area contributed by atoms with Gasteiger partial charge < -0.3 is 14.2 Å². The molecule has 0 atom stereocenters. The van der Waals surface area contributed by atoms with E-state index >= 15 is 0 Å². The van der Waals surface area contributed by atoms with Gasteiger partial charge >= 0.3 is 0 Å². The van der Waals surface area contributed by atoms with Crippen molar-refractivity contribution in [1.29, 1.82) is 0 Å². The Balaban J connectivity index is 2.22. The molecule has 1 aromatic heterocycles. The molecule has 0 saturated heterocycles. The van der Waals surface area contributed by atoms with Crippen LogP contribution in [0.1, 0.15) is 0 Å². The summed E-state index contributed by atoms with van der Waals surface area (Å²) < 4.78 is 18.0. The van der Waals surface area contributed by atoms with E-state index in [1.54, 1.807) is 21.3 Å². The first-order valence-corrected chi connectivity index (χ1v) is 7.18. The molecule has 0 N–H and O–H groups in total. The van der Waals surface area contributed by atoms with E-state index in [2.05, 4.69) is 5.10 Å². The average molecular weight is 310 g/mol. The highest BCUT2D eigenvalue weighted by Gasteiger charge is 2.16. The predicted octanol–water partition coefficient (Wildman–Crippen LogP) is 3.57. The first kappa shape index (κ1) is 15.0. The van der Waals surface area contributed by atoms with E-state index in [0.29, 0.717) is 5.88 Å². The highest BCUT2D eigenvalue weighted by atomic mass is 16.5. The van der Waals surface area contributed by atoms with Gasteiger partial charge in [-0.2, -0.15) is 0 Å². The van der Waals surface area contributed by atoms with Crippen LogP contribution in [0.2, 0.25) is 0 Å². The Morgan fingerprint density at radius 1 is 0.826 bits per heavy atom. The molecule has 0 amide bonds. The number of nitrogens with zero attached hydrogens (tertiary/aromatic N) is 2. The molecule has 0 fully saturated rings. The topological polar surface area (TPSA) is 45.5 Å². The second kappa shape index (κ2) is 6.44. The summed E-state index contributed by atoms with van der Waals surface area (Å²) in [5.74, 6) is 2.03. The zero-order valence-electron chi connectivity index (χ0n) is 13.3. The highest BCUT2D eigenvalue weighted by Crippen LogP contribution is 2.36. The van der Waals surface area contributed by atoms with Crippen LogP contribution in [0.4, 0.5) is 0 Å². The van der Waals surface area contributed by atoms with Gasteiger partial charge in [0.15, 0.2) is 0 Å². The third-order valence-corrected chi connectivity index (χ3v) is 3.58. The van der Waals surface area contributed by atoms with Gasteiger partial charge in [-0.25, -0.2) is 4.68 Å². The molecule has 0 radical (unpaired) electrons. The molecule has 5 heteroatoms. The standard InChI is InChI=1S/C18H18N2O3/c1-21-14-9-10-17(22-2)15(11-14)16-12-18(23-3)19-20(16)13-7-5-4-6-8-13/h4-12H,1-3H3. The molecule has 1 heterocycles. The monoisotopic (exact) mass is 310 g/mol. The van der Waals surface area contributed by atoms with Crippen molar-refractivity contribution < 1.29 is 14.2 Å². The number of hydrogen-bond donors (Lipinski definition) is 0. The summed E-state index contributed by atoms with van der Waals surface area (Å²) in [5, 5.41) is 4.50. The summed E-state index contributed by atoms with van der Waals surface area (Å²) in [6, 6.07) is 17.4. The number of para-hydroxylation sites is 1. The third-order valence-electron chi connectivity index (χ3n) is 3.58. The SMILES string of the molecule is COc1ccc(OC)c(-c2cc(OC)nn2-c2ccccc2)c1. The van der Waals surface area contributed by atoms with Gasteiger partial charge in [-0.05, 0) is 30.3 Å². The van der Waals surface area contributed by atoms with Gasteiger partial charge in [-0.1, -0.05) is 18.2 Å². The van der Waals surface area contributed by atoms with Gasteiger partial charge in [-0.15, -0.1) is 5.10 Å². The number of methoxy groups -OCH3 is 3. The largest absolute Gasteiger partial charge is 0.497 e. The molecule has 118 valence electrons. The molecule has 0 aliphatic rings. The van der Waals surface area contributed by atoms with Gasteiger partial charge in [-0.3, -0.25) is 0 Å². The van der Waals surface area contributed by atoms with E-state index in [4.69, 9.17) is 14.2 Å². The van der Waals surface area contributed by atoms with Crippen molar-refractivity contribution in [3.63, 3.8) is 0 Å². The molecule has 5 nitrogen and oxygen atoms in total. The van der Waals surface area contributed by atoms with Crippen LogP contribution in [0.5, 0.6) is 17.4 Å². The molecule has 0 aliphatic heterocycles. The molecule has 3 rings (SSSR count). The Morgan fingerprint density at radius 3 is 2.26 bits per heavy atom. The third kappa shape index (κ3) is 2.85. The summed E-state index contributed by atoms with van der Waals surface area (Å²) >= 11 is 0. The molecular weight excluding hydrogens is 292 g/mol. The van der Waals surface area contributed by atoms with Crippen LogP contribution in [0, 0.1) is 0 Å². The van der Waals surface area contributed by atoms with Gasteiger partial charge in [0.25, 0.3) is 0 Å². The number of aromatic nitrogens is 2. The van der Waals surface area contributed by atoms with Gasteiger partial charge in [0.1, 0.15) is 11.5 Å². The van der Waals surface area contributed by atoms with Crippen LogP contribution < -0.4 is 14.2 Å². The van der Waals surface area contributed by atoms with Gasteiger partial charge in [0.2, 0.25) is 5.88 Å². The second-order valence-electron chi connectivity index (χ2n) is 4.89. The van der Waals surface area contributed by atoms with Crippen molar-refractivity contribution in [1.82, 2.24) is 9.78 Å². The Kier molecular flexibility index (Phi) is 4.19. The maximum absolute atomic E-state index is 5.50. The fraction of sp³-hybridized carbons (Fsp3) is 0.167. The van der Waals surface area contributed by atoms with Crippen LogP contribution in [0.25, 0.3) is 16.9 Å². The lowest BCUT2D eigenvalue weighted by atomic mass is 10.1. The summed E-state index contributed by atoms with van der Waals surface area (Å²) in [5.41, 5.74) is 2.69. The van der Waals surface area contributed by atoms with Crippen LogP contribution in [0.15, 0.2) is 54.6 Å². The number of ether oxygens (including phenoxy) is 3. The smallest absolute Gasteiger partial charge is 0.233 e. The Bertz CT molecular complexity index is 797. The fourth-order valence-electron chi connectivity index (χ4n) is 2.43. The van der Waals surface area contributed by atoms with Crippen molar-refractivity contribution >= 4 is 0 Å². The second-order valence-corrected chi connectivity index (χ2v) is 4.89. The molecule has 23 heavy (non-hydrogen) atoms. The summed E-state index contributed by atoms with van der Waals surface area (Å²) in [7, 11) is 4.89. The van der Waals surface area contributed by atoms with Crippen molar-refractivity contribution in [3.8, 4) is 34.3 Å². The molecular formula is C18H18N2O3. The lowest BCUT2D eigenvalue weighted by Gasteiger charge is -2.12. The normalized spacial score (nSPS) is 10.4. The van der Waals surface area contributed by atoms with E-state index in [1.807, 2.05) is 59.3 Å². The van der Waals surface area contributed by atoms with Crippen molar-refractivity contribution in [2.24, 2.45) is 0 Å². The van der Waals surface area contributed by atoms with Crippen LogP contribution in [-0.4, -0.2) is 31.1 Å². The quantitative estimate of drug-likeness (QED) is 0.723. The minimum absolute atomic E-state index is 0.536. The maximum Gasteiger partial charge on any atom is 0.233 e. The lowest BCUT2D eigenvalue weighted by Crippen LogP contribution is -2.00. The minimum Gasteiger partial charge on any atom is -0.497 e. The van der Waals surface area contributed by atoms with Gasteiger partial charge in [0.05, 0.1) is 32.7 Å². The summed E-state index contributed by atoms with van der Waals surface area (Å²) in [6.07, 6.45) is 0. The number of hydrogen-bond acceptors (Lipinski definition) is 4. The molecule has 3 aromatic rings. The molecule has 0 bridgehead atoms. The zero-order valence-corrected chi connectivity index (χ0v) is 13.3. The fourth-order valence-corrected chi connectivity index (χ4v) is 2.43. The maximum atomic E-state index is 5.50. The Morgan fingerprint density at radius 2 is 1.61 bits per heavy atom.